The molecule has 2 fully saturated rings. The van der Waals surface area contributed by atoms with Gasteiger partial charge in [-0.25, -0.2) is 8.88 Å². The molecule has 0 amide bonds. The molecule has 0 radical (unpaired) electrons. The van der Waals surface area contributed by atoms with Crippen LogP contribution in [-0.2, 0) is 13.6 Å². The van der Waals surface area contributed by atoms with Crippen LogP contribution in [0.25, 0.3) is 0 Å². The van der Waals surface area contributed by atoms with Crippen molar-refractivity contribution in [2.45, 2.75) is 132 Å². The fourth-order valence-corrected chi connectivity index (χ4v) is 18.0. The van der Waals surface area contributed by atoms with Gasteiger partial charge in [-0.2, -0.15) is 0 Å². The molecule has 7 nitrogen and oxygen atoms in total. The summed E-state index contributed by atoms with van der Waals surface area (Å²) in [5.74, 6) is 0. The number of hydrogen-bond donors (Lipinski definition) is 1. The summed E-state index contributed by atoms with van der Waals surface area (Å²) in [6, 6.07) is 8.26. The van der Waals surface area contributed by atoms with Gasteiger partial charge in [-0.15, -0.1) is 0 Å². The van der Waals surface area contributed by atoms with Gasteiger partial charge in [0.1, 0.15) is 21.4 Å². The van der Waals surface area contributed by atoms with E-state index in [0.29, 0.717) is 13.2 Å². The molecule has 10 heteroatoms. The lowest BCUT2D eigenvalue weighted by Gasteiger charge is -2.69. The number of allylic oxidation sites excluding steroid dienone is 1. The molecule has 2 heterocycles. The number of rotatable bonds is 5. The number of nitrogens with zero attached hydrogens (tertiary/aromatic N) is 3. The summed E-state index contributed by atoms with van der Waals surface area (Å²) in [5.41, 5.74) is 0.166. The van der Waals surface area contributed by atoms with Crippen LogP contribution in [0.15, 0.2) is 40.9 Å². The van der Waals surface area contributed by atoms with E-state index in [1.165, 1.54) is 0 Å². The van der Waals surface area contributed by atoms with Crippen LogP contribution in [0.4, 0.5) is 0 Å². The van der Waals surface area contributed by atoms with Gasteiger partial charge in [0.05, 0.1) is 18.8 Å². The van der Waals surface area contributed by atoms with Gasteiger partial charge in [-0.3, -0.25) is 14.4 Å². The highest BCUT2D eigenvalue weighted by Gasteiger charge is 2.66. The van der Waals surface area contributed by atoms with E-state index in [-0.39, 0.29) is 27.6 Å². The molecule has 0 saturated carbocycles. The molecule has 1 unspecified atom stereocenters. The lowest BCUT2D eigenvalue weighted by Crippen LogP contribution is -2.60. The van der Waals surface area contributed by atoms with Gasteiger partial charge in [-0.1, -0.05) is 50.3 Å². The second-order valence-corrected chi connectivity index (χ2v) is 23.5. The van der Waals surface area contributed by atoms with Crippen molar-refractivity contribution in [2.75, 3.05) is 13.2 Å². The molecule has 1 atom stereocenters. The summed E-state index contributed by atoms with van der Waals surface area (Å²) < 4.78 is 38.4. The van der Waals surface area contributed by atoms with E-state index in [0.717, 1.165) is 16.4 Å². The molecule has 0 aliphatic carbocycles. The van der Waals surface area contributed by atoms with Crippen molar-refractivity contribution < 1.29 is 13.6 Å². The topological polar surface area (TPSA) is 66.4 Å². The Labute approximate surface area is 252 Å². The highest BCUT2D eigenvalue weighted by atomic mass is 31.3. The molecular formula is C31H57N4O3P3. The predicted octanol–water partition coefficient (Wildman–Crippen LogP) is 10.5. The third-order valence-electron chi connectivity index (χ3n) is 6.64. The molecule has 2 saturated heterocycles. The number of nitrogens with one attached hydrogen (secondary N) is 1. The first-order valence-electron chi connectivity index (χ1n) is 14.7. The maximum Gasteiger partial charge on any atom is 0.342 e. The summed E-state index contributed by atoms with van der Waals surface area (Å²) in [6.45, 7) is 38.5. The molecule has 3 rings (SSSR count). The van der Waals surface area contributed by atoms with Crippen molar-refractivity contribution >= 4 is 23.3 Å². The summed E-state index contributed by atoms with van der Waals surface area (Å²) in [4.78, 5) is 0. The van der Waals surface area contributed by atoms with Crippen LogP contribution in [0.3, 0.4) is 0 Å². The molecule has 234 valence electrons. The second kappa shape index (κ2) is 11.2. The zero-order valence-corrected chi connectivity index (χ0v) is 31.1. The predicted molar refractivity (Wildman–Crippen MR) is 178 cm³/mol. The molecule has 1 aromatic carbocycles. The minimum absolute atomic E-state index is 0.123. The first-order valence-corrected chi connectivity index (χ1v) is 19.2. The lowest BCUT2D eigenvalue weighted by atomic mass is 9.97. The van der Waals surface area contributed by atoms with E-state index in [9.17, 15) is 4.57 Å². The third kappa shape index (κ3) is 7.49. The molecule has 0 spiro atoms. The maximum atomic E-state index is 14.9. The average Bonchev–Trinajstić information content (AvgIpc) is 2.72. The molecule has 41 heavy (non-hydrogen) atoms. The number of hydrogen-bond acceptors (Lipinski definition) is 5. The second-order valence-electron chi connectivity index (χ2n) is 16.5. The van der Waals surface area contributed by atoms with Crippen molar-refractivity contribution in [1.82, 2.24) is 14.0 Å². The van der Waals surface area contributed by atoms with E-state index in [1.54, 1.807) is 0 Å². The number of aryl methyl sites for hydroxylation is 1. The molecular weight excluding hydrogens is 569 g/mol. The van der Waals surface area contributed by atoms with Crippen molar-refractivity contribution in [2.24, 2.45) is 10.2 Å². The molecule has 1 N–H and O–H groups in total. The van der Waals surface area contributed by atoms with Gasteiger partial charge in [0.15, 0.2) is 0 Å². The molecule has 1 aromatic rings. The Bertz CT molecular complexity index is 1190. The minimum atomic E-state index is -3.65. The fraction of sp³-hybridized carbons (Fsp3) is 0.742. The highest BCUT2D eigenvalue weighted by molar-refractivity contribution is 7.89. The average molecular weight is 627 g/mol. The Morgan fingerprint density at radius 1 is 0.927 bits per heavy atom. The Kier molecular flexibility index (Phi) is 9.62. The normalized spacial score (nSPS) is 26.8. The van der Waals surface area contributed by atoms with Crippen LogP contribution in [0, 0.1) is 12.3 Å². The van der Waals surface area contributed by atoms with E-state index in [2.05, 4.69) is 142 Å². The van der Waals surface area contributed by atoms with E-state index in [1.807, 2.05) is 0 Å². The summed E-state index contributed by atoms with van der Waals surface area (Å²) in [5, 5.41) is 4.79. The lowest BCUT2D eigenvalue weighted by molar-refractivity contribution is 0.0391. The van der Waals surface area contributed by atoms with Crippen molar-refractivity contribution in [3.05, 3.63) is 47.3 Å². The van der Waals surface area contributed by atoms with Crippen molar-refractivity contribution in [3.63, 3.8) is 0 Å². The van der Waals surface area contributed by atoms with E-state index in [4.69, 9.17) is 20.4 Å². The Morgan fingerprint density at radius 3 is 1.73 bits per heavy atom. The standard InChI is InChI=1S/C31H57N4O3P3/c1-23-17-19-25(20-18-23)26(41(36)37-21-31(15,16)22-38-41)24(2)40(33-28(6,7)8)34(29(9,10)11)39(32-27(3,4)5)35(40)30(12,13)14/h17-20,26,32H,2,21-22H2,1,3-16H3. The smallest absolute Gasteiger partial charge is 0.307 e. The molecule has 2 aliphatic rings. The van der Waals surface area contributed by atoms with Gasteiger partial charge < -0.3 is 9.05 Å². The fourth-order valence-electron chi connectivity index (χ4n) is 5.20. The van der Waals surface area contributed by atoms with Crippen molar-refractivity contribution in [1.29, 1.82) is 0 Å². The van der Waals surface area contributed by atoms with Crippen LogP contribution >= 0.6 is 23.3 Å². The molecule has 0 aromatic heterocycles. The maximum absolute atomic E-state index is 14.9. The molecule has 0 bridgehead atoms. The first-order chi connectivity index (χ1) is 18.2. The van der Waals surface area contributed by atoms with Crippen LogP contribution in [-0.4, -0.2) is 44.3 Å². The van der Waals surface area contributed by atoms with E-state index >= 15 is 0 Å². The van der Waals surface area contributed by atoms with Crippen LogP contribution in [0.5, 0.6) is 0 Å². The quantitative estimate of drug-likeness (QED) is 0.328. The highest BCUT2D eigenvalue weighted by Crippen LogP contribution is 2.92. The summed E-state index contributed by atoms with van der Waals surface area (Å²) in [7, 11) is -7.36. The largest absolute Gasteiger partial charge is 0.342 e. The van der Waals surface area contributed by atoms with Crippen LogP contribution in [0.1, 0.15) is 114 Å². The Balaban J connectivity index is 2.40. The SMILES string of the molecule is C=C(C(c1ccc(C)cc1)P1(=O)OCC(C)(C)CO1)P1(=NC(C)(C)C)N(C(C)(C)C)P(NC(C)(C)C)N1C(C)(C)C. The Hall–Kier alpha value is -0.350. The first kappa shape index (κ1) is 35.1. The van der Waals surface area contributed by atoms with Gasteiger partial charge in [0, 0.05) is 27.3 Å². The number of benzene rings is 1. The van der Waals surface area contributed by atoms with Gasteiger partial charge in [-0.05, 0) is 95.6 Å². The van der Waals surface area contributed by atoms with Gasteiger partial charge in [0.25, 0.3) is 0 Å². The monoisotopic (exact) mass is 626 g/mol. The zero-order valence-electron chi connectivity index (χ0n) is 28.4. The van der Waals surface area contributed by atoms with Crippen LogP contribution < -0.4 is 5.09 Å². The van der Waals surface area contributed by atoms with Gasteiger partial charge in [0.2, 0.25) is 0 Å². The molecule has 2 aliphatic heterocycles. The van der Waals surface area contributed by atoms with Crippen molar-refractivity contribution in [3.8, 4) is 0 Å². The summed E-state index contributed by atoms with van der Waals surface area (Å²) in [6.07, 6.45) is 0. The van der Waals surface area contributed by atoms with Crippen LogP contribution in [0.2, 0.25) is 0 Å². The van der Waals surface area contributed by atoms with Gasteiger partial charge >= 0.3 is 7.60 Å². The third-order valence-corrected chi connectivity index (χ3v) is 18.5. The minimum Gasteiger partial charge on any atom is -0.307 e. The summed E-state index contributed by atoms with van der Waals surface area (Å²) >= 11 is 0. The Morgan fingerprint density at radius 2 is 1.37 bits per heavy atom. The zero-order chi connectivity index (χ0) is 31.6. The van der Waals surface area contributed by atoms with E-state index < -0.39 is 29.0 Å².